The van der Waals surface area contributed by atoms with E-state index in [2.05, 4.69) is 77.5 Å². The molecular weight excluding hydrogens is 360 g/mol. The van der Waals surface area contributed by atoms with Crippen LogP contribution in [0.15, 0.2) is 60.7 Å². The van der Waals surface area contributed by atoms with Gasteiger partial charge in [-0.05, 0) is 37.5 Å². The zero-order valence-electron chi connectivity index (χ0n) is 16.7. The molecule has 148 valence electrons. The fourth-order valence-electron chi connectivity index (χ4n) is 4.26. The van der Waals surface area contributed by atoms with E-state index >= 15 is 0 Å². The van der Waals surface area contributed by atoms with E-state index in [1.807, 2.05) is 6.07 Å². The lowest BCUT2D eigenvalue weighted by atomic mass is 10.1. The second-order valence-electron chi connectivity index (χ2n) is 7.68. The number of amides is 1. The third-order valence-corrected chi connectivity index (χ3v) is 5.70. The first-order valence-corrected chi connectivity index (χ1v) is 10.2. The molecule has 1 aliphatic rings. The summed E-state index contributed by atoms with van der Waals surface area (Å²) in [7, 11) is 0. The molecule has 0 spiro atoms. The first-order chi connectivity index (χ1) is 14.2. The summed E-state index contributed by atoms with van der Waals surface area (Å²) < 4.78 is 2.34. The Bertz CT molecular complexity index is 1030. The highest BCUT2D eigenvalue weighted by Gasteiger charge is 2.28. The molecule has 1 N–H and O–H groups in total. The molecule has 0 aliphatic carbocycles. The Hall–Kier alpha value is -3.10. The van der Waals surface area contributed by atoms with Gasteiger partial charge in [-0.3, -0.25) is 4.79 Å². The first kappa shape index (κ1) is 19.2. The maximum absolute atomic E-state index is 12.5. The summed E-state index contributed by atoms with van der Waals surface area (Å²) >= 11 is 0. The highest BCUT2D eigenvalue weighted by Crippen LogP contribution is 2.31. The first-order valence-electron chi connectivity index (χ1n) is 10.2. The molecule has 1 aliphatic heterocycles. The Labute approximate surface area is 171 Å². The van der Waals surface area contributed by atoms with Gasteiger partial charge in [0.2, 0.25) is 5.91 Å². The van der Waals surface area contributed by atoms with Crippen molar-refractivity contribution < 1.29 is 4.79 Å². The molecule has 0 bridgehead atoms. The van der Waals surface area contributed by atoms with Crippen molar-refractivity contribution in [3.8, 4) is 17.3 Å². The number of carbonyl (C=O) groups excluding carboxylic acids is 1. The van der Waals surface area contributed by atoms with Crippen molar-refractivity contribution in [2.75, 3.05) is 19.6 Å². The normalized spacial score (nSPS) is 17.4. The van der Waals surface area contributed by atoms with Crippen LogP contribution in [0.3, 0.4) is 0 Å². The topological polar surface area (TPSA) is 61.1 Å². The molecule has 4 rings (SSSR count). The summed E-state index contributed by atoms with van der Waals surface area (Å²) in [5, 5.41) is 13.7. The number of fused-ring (bicyclic) bond motifs is 1. The van der Waals surface area contributed by atoms with E-state index in [9.17, 15) is 10.1 Å². The number of carbonyl (C=O) groups is 1. The molecule has 3 aromatic rings. The van der Waals surface area contributed by atoms with E-state index in [0.717, 1.165) is 12.8 Å². The van der Waals surface area contributed by atoms with Crippen LogP contribution in [0.25, 0.3) is 22.2 Å². The van der Waals surface area contributed by atoms with Gasteiger partial charge < -0.3 is 14.8 Å². The van der Waals surface area contributed by atoms with Gasteiger partial charge in [-0.15, -0.1) is 0 Å². The van der Waals surface area contributed by atoms with Gasteiger partial charge in [0, 0.05) is 35.7 Å². The van der Waals surface area contributed by atoms with Crippen LogP contribution in [0.5, 0.6) is 0 Å². The number of aromatic nitrogens is 1. The SMILES string of the molecule is C[C@@H](CNCC(=O)N1CCC[C@H]1C#N)n1c(-c2ccccc2)cc2ccccc21. The second kappa shape index (κ2) is 8.50. The number of nitrogens with zero attached hydrogens (tertiary/aromatic N) is 3. The van der Waals surface area contributed by atoms with Gasteiger partial charge in [0.25, 0.3) is 0 Å². The number of para-hydroxylation sites is 1. The van der Waals surface area contributed by atoms with E-state index in [1.54, 1.807) is 4.90 Å². The lowest BCUT2D eigenvalue weighted by Crippen LogP contribution is -2.41. The lowest BCUT2D eigenvalue weighted by molar-refractivity contribution is -0.130. The second-order valence-corrected chi connectivity index (χ2v) is 7.68. The highest BCUT2D eigenvalue weighted by molar-refractivity contribution is 5.87. The predicted octanol–water partition coefficient (Wildman–Crippen LogP) is 3.97. The van der Waals surface area contributed by atoms with Crippen molar-refractivity contribution in [3.63, 3.8) is 0 Å². The van der Waals surface area contributed by atoms with Gasteiger partial charge in [-0.25, -0.2) is 0 Å². The minimum Gasteiger partial charge on any atom is -0.336 e. The third-order valence-electron chi connectivity index (χ3n) is 5.70. The molecule has 0 unspecified atom stereocenters. The molecule has 5 nitrogen and oxygen atoms in total. The van der Waals surface area contributed by atoms with Crippen molar-refractivity contribution in [3.05, 3.63) is 60.7 Å². The monoisotopic (exact) mass is 386 g/mol. The molecule has 5 heteroatoms. The maximum atomic E-state index is 12.5. The van der Waals surface area contributed by atoms with E-state index in [-0.39, 0.29) is 24.5 Å². The zero-order chi connectivity index (χ0) is 20.2. The van der Waals surface area contributed by atoms with Crippen LogP contribution in [0.4, 0.5) is 0 Å². The molecule has 1 fully saturated rings. The molecule has 2 atom stereocenters. The zero-order valence-corrected chi connectivity index (χ0v) is 16.7. The maximum Gasteiger partial charge on any atom is 0.237 e. The van der Waals surface area contributed by atoms with Crippen molar-refractivity contribution >= 4 is 16.8 Å². The standard InChI is InChI=1S/C24H26N4O/c1-18(16-26-17-24(29)27-13-7-11-21(27)15-25)28-22-12-6-5-10-20(22)14-23(28)19-8-3-2-4-9-19/h2-6,8-10,12,14,18,21,26H,7,11,13,16-17H2,1H3/t18-,21-/m0/s1. The summed E-state index contributed by atoms with van der Waals surface area (Å²) in [6, 6.07) is 23.2. The van der Waals surface area contributed by atoms with Crippen LogP contribution in [0.2, 0.25) is 0 Å². The summed E-state index contributed by atoms with van der Waals surface area (Å²) in [5.74, 6) is 0.0156. The minimum absolute atomic E-state index is 0.0156. The molecular formula is C24H26N4O. The smallest absolute Gasteiger partial charge is 0.237 e. The Morgan fingerprint density at radius 2 is 1.97 bits per heavy atom. The summed E-state index contributed by atoms with van der Waals surface area (Å²) in [5.41, 5.74) is 3.55. The molecule has 1 saturated heterocycles. The highest BCUT2D eigenvalue weighted by atomic mass is 16.2. The van der Waals surface area contributed by atoms with Crippen LogP contribution in [0.1, 0.15) is 25.8 Å². The molecule has 0 radical (unpaired) electrons. The van der Waals surface area contributed by atoms with Crippen molar-refractivity contribution in [1.29, 1.82) is 5.26 Å². The number of likely N-dealkylation sites (tertiary alicyclic amines) is 1. The molecule has 2 heterocycles. The molecule has 1 amide bonds. The van der Waals surface area contributed by atoms with E-state index in [4.69, 9.17) is 0 Å². The fraction of sp³-hybridized carbons (Fsp3) is 0.333. The van der Waals surface area contributed by atoms with Crippen molar-refractivity contribution in [2.45, 2.75) is 31.8 Å². The number of benzene rings is 2. The number of rotatable bonds is 6. The van der Waals surface area contributed by atoms with Gasteiger partial charge in [0.15, 0.2) is 0 Å². The number of hydrogen-bond acceptors (Lipinski definition) is 3. The predicted molar refractivity (Wildman–Crippen MR) is 115 cm³/mol. The molecule has 29 heavy (non-hydrogen) atoms. The van der Waals surface area contributed by atoms with E-state index in [0.29, 0.717) is 13.1 Å². The van der Waals surface area contributed by atoms with Gasteiger partial charge in [0.1, 0.15) is 6.04 Å². The van der Waals surface area contributed by atoms with Crippen LogP contribution in [0, 0.1) is 11.3 Å². The quantitative estimate of drug-likeness (QED) is 0.697. The van der Waals surface area contributed by atoms with E-state index in [1.165, 1.54) is 22.2 Å². The minimum atomic E-state index is -0.264. The van der Waals surface area contributed by atoms with Gasteiger partial charge in [0.05, 0.1) is 12.6 Å². The van der Waals surface area contributed by atoms with E-state index < -0.39 is 0 Å². The number of nitriles is 1. The van der Waals surface area contributed by atoms with Gasteiger partial charge >= 0.3 is 0 Å². The van der Waals surface area contributed by atoms with Crippen LogP contribution in [-0.4, -0.2) is 41.1 Å². The molecule has 0 saturated carbocycles. The summed E-state index contributed by atoms with van der Waals surface area (Å²) in [4.78, 5) is 14.2. The molecule has 2 aromatic carbocycles. The Balaban J connectivity index is 1.51. The van der Waals surface area contributed by atoms with Gasteiger partial charge in [-0.1, -0.05) is 48.5 Å². The van der Waals surface area contributed by atoms with Gasteiger partial charge in [-0.2, -0.15) is 5.26 Å². The average Bonchev–Trinajstić information content (AvgIpc) is 3.38. The number of nitrogens with one attached hydrogen (secondary N) is 1. The van der Waals surface area contributed by atoms with Crippen molar-refractivity contribution in [1.82, 2.24) is 14.8 Å². The summed E-state index contributed by atoms with van der Waals surface area (Å²) in [6.45, 7) is 3.80. The van der Waals surface area contributed by atoms with Crippen molar-refractivity contribution in [2.24, 2.45) is 0 Å². The van der Waals surface area contributed by atoms with Crippen LogP contribution >= 0.6 is 0 Å². The Morgan fingerprint density at radius 1 is 1.21 bits per heavy atom. The summed E-state index contributed by atoms with van der Waals surface area (Å²) in [6.07, 6.45) is 1.70. The average molecular weight is 386 g/mol. The Morgan fingerprint density at radius 3 is 2.76 bits per heavy atom. The Kier molecular flexibility index (Phi) is 5.64. The largest absolute Gasteiger partial charge is 0.336 e. The number of hydrogen-bond donors (Lipinski definition) is 1. The molecule has 1 aromatic heterocycles. The third kappa shape index (κ3) is 3.90. The lowest BCUT2D eigenvalue weighted by Gasteiger charge is -2.22. The van der Waals surface area contributed by atoms with Crippen LogP contribution in [-0.2, 0) is 4.79 Å². The van der Waals surface area contributed by atoms with Crippen LogP contribution < -0.4 is 5.32 Å². The fourth-order valence-corrected chi connectivity index (χ4v) is 4.26.